The van der Waals surface area contributed by atoms with Crippen molar-refractivity contribution >= 4 is 52.8 Å². The first-order valence-corrected chi connectivity index (χ1v) is 29.7. The third-order valence-corrected chi connectivity index (χ3v) is 31.7. The van der Waals surface area contributed by atoms with Gasteiger partial charge >= 0.3 is 52.8 Å². The number of hydrogen-bond acceptors (Lipinski definition) is 17. The van der Waals surface area contributed by atoms with E-state index in [2.05, 4.69) is 10.6 Å². The molecule has 6 N–H and O–H groups in total. The molecular formula is C28H74N4O13Si6. The summed E-state index contributed by atoms with van der Waals surface area (Å²) in [4.78, 5) is 0. The molecule has 0 radical (unpaired) electrons. The molecule has 0 amide bonds. The third-order valence-electron chi connectivity index (χ3n) is 8.13. The summed E-state index contributed by atoms with van der Waals surface area (Å²) in [6.07, 6.45) is 2.90. The third kappa shape index (κ3) is 16.7. The maximum absolute atomic E-state index is 7.21. The Balaban J connectivity index is 7.46. The van der Waals surface area contributed by atoms with Crippen molar-refractivity contribution in [2.75, 3.05) is 96.1 Å². The Morgan fingerprint density at radius 1 is 0.333 bits per heavy atom. The fourth-order valence-electron chi connectivity index (χ4n) is 5.42. The molecule has 0 heterocycles. The summed E-state index contributed by atoms with van der Waals surface area (Å²) in [6.45, 7) is 11.3. The summed E-state index contributed by atoms with van der Waals surface area (Å²) in [5.41, 5.74) is 11.6. The molecule has 23 heteroatoms. The molecule has 0 aromatic rings. The van der Waals surface area contributed by atoms with E-state index in [1.165, 1.54) is 0 Å². The number of rotatable bonds is 36. The smallest absolute Gasteiger partial charge is 0.378 e. The molecule has 4 unspecified atom stereocenters. The molecule has 0 aliphatic rings. The number of nitrogens with one attached hydrogen (secondary N) is 2. The van der Waals surface area contributed by atoms with Crippen LogP contribution in [-0.4, -0.2) is 149 Å². The van der Waals surface area contributed by atoms with Crippen LogP contribution in [0.4, 0.5) is 0 Å². The predicted octanol–water partition coefficient (Wildman–Crippen LogP) is 2.61. The van der Waals surface area contributed by atoms with E-state index in [4.69, 9.17) is 67.5 Å². The zero-order valence-corrected chi connectivity index (χ0v) is 39.8. The highest BCUT2D eigenvalue weighted by molar-refractivity contribution is 6.87. The van der Waals surface area contributed by atoms with E-state index in [0.29, 0.717) is 88.4 Å². The summed E-state index contributed by atoms with van der Waals surface area (Å²) >= 11 is 0. The lowest BCUT2D eigenvalue weighted by molar-refractivity contribution is 0.0524. The first-order chi connectivity index (χ1) is 24.4. The van der Waals surface area contributed by atoms with Gasteiger partial charge in [-0.15, -0.1) is 0 Å². The second kappa shape index (κ2) is 27.3. The monoisotopic (exact) mass is 842 g/mol. The Labute approximate surface area is 315 Å². The van der Waals surface area contributed by atoms with Crippen molar-refractivity contribution in [3.8, 4) is 0 Å². The standard InChI is InChI=1S/C28H74N4O13Si6/c1-13-23-46(33-5,34-6)41-48(37-9,25-15-3)43-51(40-12,28-22-32-20-18-30)45-49(38-10,26-16-4)44-50(39-11,27-21-31-19-17-29)42-47(35-7,36-8)24-14-2/h31-32H,13-30H2,1-12H3. The molecule has 0 spiro atoms. The van der Waals surface area contributed by atoms with Crippen LogP contribution >= 0.6 is 0 Å². The predicted molar refractivity (Wildman–Crippen MR) is 210 cm³/mol. The highest BCUT2D eigenvalue weighted by Crippen LogP contribution is 2.37. The minimum Gasteiger partial charge on any atom is -0.378 e. The molecule has 0 aromatic heterocycles. The zero-order valence-electron chi connectivity index (χ0n) is 33.8. The van der Waals surface area contributed by atoms with Crippen molar-refractivity contribution in [3.05, 3.63) is 0 Å². The molecule has 0 saturated carbocycles. The van der Waals surface area contributed by atoms with Crippen LogP contribution in [0.3, 0.4) is 0 Å². The largest absolute Gasteiger partial charge is 0.493 e. The second-order valence-electron chi connectivity index (χ2n) is 11.8. The van der Waals surface area contributed by atoms with E-state index in [-0.39, 0.29) is 0 Å². The van der Waals surface area contributed by atoms with E-state index < -0.39 is 52.8 Å². The lowest BCUT2D eigenvalue weighted by Gasteiger charge is -2.45. The van der Waals surface area contributed by atoms with Crippen molar-refractivity contribution in [2.24, 2.45) is 11.5 Å². The van der Waals surface area contributed by atoms with Gasteiger partial charge in [0.05, 0.1) is 0 Å². The quantitative estimate of drug-likeness (QED) is 0.0531. The van der Waals surface area contributed by atoms with Gasteiger partial charge in [0.25, 0.3) is 0 Å². The first kappa shape index (κ1) is 51.6. The molecule has 17 nitrogen and oxygen atoms in total. The van der Waals surface area contributed by atoms with Crippen molar-refractivity contribution in [2.45, 2.75) is 89.6 Å². The van der Waals surface area contributed by atoms with Gasteiger partial charge in [0, 0.05) is 119 Å². The molecular weight excluding hydrogens is 769 g/mol. The van der Waals surface area contributed by atoms with E-state index in [1.807, 2.05) is 27.7 Å². The van der Waals surface area contributed by atoms with Crippen molar-refractivity contribution in [3.63, 3.8) is 0 Å². The van der Waals surface area contributed by atoms with E-state index in [0.717, 1.165) is 12.8 Å². The van der Waals surface area contributed by atoms with E-state index in [1.54, 1.807) is 56.9 Å². The average Bonchev–Trinajstić information content (AvgIpc) is 3.14. The van der Waals surface area contributed by atoms with Gasteiger partial charge in [-0.1, -0.05) is 53.4 Å². The van der Waals surface area contributed by atoms with Crippen LogP contribution in [0.25, 0.3) is 0 Å². The van der Waals surface area contributed by atoms with Gasteiger partial charge in [-0.2, -0.15) is 0 Å². The minimum absolute atomic E-state index is 0.327. The molecule has 0 aromatic carbocycles. The topological polar surface area (TPSA) is 196 Å². The van der Waals surface area contributed by atoms with Gasteiger partial charge < -0.3 is 78.1 Å². The zero-order chi connectivity index (χ0) is 38.9. The highest BCUT2D eigenvalue weighted by atomic mass is 28.5. The average molecular weight is 843 g/mol. The lowest BCUT2D eigenvalue weighted by Crippen LogP contribution is -2.69. The second-order valence-corrected chi connectivity index (χ2v) is 30.4. The molecule has 0 aliphatic heterocycles. The molecule has 0 saturated heterocycles. The van der Waals surface area contributed by atoms with Crippen LogP contribution in [-0.2, 0) is 56.0 Å². The van der Waals surface area contributed by atoms with Crippen molar-refractivity contribution < 1.29 is 56.0 Å². The Kier molecular flexibility index (Phi) is 27.6. The summed E-state index contributed by atoms with van der Waals surface area (Å²) in [5, 5.41) is 6.70. The van der Waals surface area contributed by atoms with Gasteiger partial charge in [-0.25, -0.2) is 0 Å². The van der Waals surface area contributed by atoms with Gasteiger partial charge in [-0.05, 0) is 13.1 Å². The van der Waals surface area contributed by atoms with Crippen LogP contribution in [0.1, 0.15) is 53.4 Å². The van der Waals surface area contributed by atoms with Crippen LogP contribution in [0.5, 0.6) is 0 Å². The van der Waals surface area contributed by atoms with Crippen LogP contribution < -0.4 is 22.1 Å². The Morgan fingerprint density at radius 2 is 0.549 bits per heavy atom. The molecule has 0 rings (SSSR count). The van der Waals surface area contributed by atoms with Gasteiger partial charge in [-0.3, -0.25) is 0 Å². The van der Waals surface area contributed by atoms with Crippen molar-refractivity contribution in [1.82, 2.24) is 10.6 Å². The fourth-order valence-corrected chi connectivity index (χ4v) is 30.5. The van der Waals surface area contributed by atoms with Crippen LogP contribution in [0, 0.1) is 0 Å². The van der Waals surface area contributed by atoms with Crippen LogP contribution in [0.15, 0.2) is 0 Å². The summed E-state index contributed by atoms with van der Waals surface area (Å²) in [6, 6.07) is 2.68. The van der Waals surface area contributed by atoms with Gasteiger partial charge in [0.1, 0.15) is 0 Å². The minimum atomic E-state index is -3.84. The maximum Gasteiger partial charge on any atom is 0.493 e. The number of hydrogen-bond donors (Lipinski definition) is 4. The van der Waals surface area contributed by atoms with Gasteiger partial charge in [0.15, 0.2) is 0 Å². The van der Waals surface area contributed by atoms with Gasteiger partial charge in [0.2, 0.25) is 0 Å². The Morgan fingerprint density at radius 3 is 0.765 bits per heavy atom. The lowest BCUT2D eigenvalue weighted by atomic mass is 10.6. The maximum atomic E-state index is 7.21. The Bertz CT molecular complexity index is 884. The normalized spacial score (nSPS) is 17.5. The van der Waals surface area contributed by atoms with Crippen molar-refractivity contribution in [1.29, 1.82) is 0 Å². The van der Waals surface area contributed by atoms with E-state index >= 15 is 0 Å². The molecule has 51 heavy (non-hydrogen) atoms. The summed E-state index contributed by atoms with van der Waals surface area (Å²) in [7, 11) is -8.78. The summed E-state index contributed by atoms with van der Waals surface area (Å²) < 4.78 is 84.3. The molecule has 0 fully saturated rings. The highest BCUT2D eigenvalue weighted by Gasteiger charge is 2.64. The number of nitrogens with two attached hydrogens (primary N) is 2. The Hall–Kier alpha value is 0.621. The van der Waals surface area contributed by atoms with Crippen LogP contribution in [0.2, 0.25) is 36.3 Å². The SMILES string of the molecule is CCC[Si](OC)(OC)O[Si](CCNCCN)(OC)O[Si](CCC)(OC)O[Si](CCNCCN)(OC)O[Si](CCC)(OC)O[Si](CCC)(OC)OC. The summed E-state index contributed by atoms with van der Waals surface area (Å²) in [5.74, 6) is 0. The molecule has 4 atom stereocenters. The molecule has 0 aliphatic carbocycles. The molecule has 0 bridgehead atoms. The molecule has 308 valence electrons. The van der Waals surface area contributed by atoms with E-state index in [9.17, 15) is 0 Å². The first-order valence-electron chi connectivity index (χ1n) is 18.1. The fraction of sp³-hybridized carbons (Fsp3) is 1.00.